The molecule has 1 heterocycles. The van der Waals surface area contributed by atoms with E-state index in [1.165, 1.54) is 0 Å². The van der Waals surface area contributed by atoms with Crippen molar-refractivity contribution < 1.29 is 9.63 Å². The van der Waals surface area contributed by atoms with Gasteiger partial charge in [-0.15, -0.1) is 0 Å². The van der Waals surface area contributed by atoms with Gasteiger partial charge >= 0.3 is 0 Å². The van der Waals surface area contributed by atoms with Gasteiger partial charge in [0.25, 0.3) is 5.89 Å². The van der Waals surface area contributed by atoms with Crippen LogP contribution in [0.25, 0.3) is 11.5 Å². The average Bonchev–Trinajstić information content (AvgIpc) is 3.09. The summed E-state index contributed by atoms with van der Waals surface area (Å²) in [6, 6.07) is 19.8. The molecule has 1 unspecified atom stereocenters. The van der Waals surface area contributed by atoms with Gasteiger partial charge in [-0.1, -0.05) is 53.7 Å². The van der Waals surface area contributed by atoms with Crippen molar-refractivity contribution >= 4 is 0 Å². The molecule has 2 aromatic carbocycles. The molecule has 0 aliphatic rings. The first-order chi connectivity index (χ1) is 11.4. The molecule has 23 heavy (non-hydrogen) atoms. The first-order valence-electron chi connectivity index (χ1n) is 7.64. The third-order valence-corrected chi connectivity index (χ3v) is 3.62. The van der Waals surface area contributed by atoms with Gasteiger partial charge in [0, 0.05) is 18.2 Å². The largest absolute Gasteiger partial charge is 0.396 e. The Morgan fingerprint density at radius 2 is 1.70 bits per heavy atom. The quantitative estimate of drug-likeness (QED) is 0.702. The van der Waals surface area contributed by atoms with Gasteiger partial charge in [-0.3, -0.25) is 0 Å². The zero-order chi connectivity index (χ0) is 15.9. The minimum Gasteiger partial charge on any atom is -0.396 e. The zero-order valence-corrected chi connectivity index (χ0v) is 12.7. The van der Waals surface area contributed by atoms with Gasteiger partial charge in [0.05, 0.1) is 6.54 Å². The van der Waals surface area contributed by atoms with Crippen LogP contribution in [-0.4, -0.2) is 21.9 Å². The normalized spacial score (nSPS) is 12.2. The number of hydrogen-bond acceptors (Lipinski definition) is 5. The van der Waals surface area contributed by atoms with Crippen LogP contribution in [0.5, 0.6) is 0 Å². The fourth-order valence-corrected chi connectivity index (χ4v) is 2.44. The van der Waals surface area contributed by atoms with E-state index < -0.39 is 0 Å². The fraction of sp³-hybridized carbons (Fsp3) is 0.222. The van der Waals surface area contributed by atoms with Gasteiger partial charge < -0.3 is 14.9 Å². The lowest BCUT2D eigenvalue weighted by Crippen LogP contribution is -2.22. The molecule has 0 fully saturated rings. The van der Waals surface area contributed by atoms with Crippen LogP contribution in [-0.2, 0) is 6.54 Å². The summed E-state index contributed by atoms with van der Waals surface area (Å²) in [4.78, 5) is 4.40. The summed E-state index contributed by atoms with van der Waals surface area (Å²) >= 11 is 0. The monoisotopic (exact) mass is 309 g/mol. The Labute approximate surface area is 135 Å². The van der Waals surface area contributed by atoms with Crippen LogP contribution in [0.15, 0.2) is 65.2 Å². The van der Waals surface area contributed by atoms with Gasteiger partial charge in [-0.25, -0.2) is 0 Å². The molecule has 3 rings (SSSR count). The number of rotatable bonds is 7. The molecule has 5 heteroatoms. The lowest BCUT2D eigenvalue weighted by Gasteiger charge is -2.17. The highest BCUT2D eigenvalue weighted by molar-refractivity contribution is 5.51. The second-order valence-electron chi connectivity index (χ2n) is 5.24. The molecule has 118 valence electrons. The van der Waals surface area contributed by atoms with Crippen molar-refractivity contribution in [2.24, 2.45) is 0 Å². The van der Waals surface area contributed by atoms with Gasteiger partial charge in [-0.2, -0.15) is 4.98 Å². The van der Waals surface area contributed by atoms with E-state index in [0.717, 1.165) is 11.1 Å². The molecule has 2 N–H and O–H groups in total. The van der Waals surface area contributed by atoms with Crippen molar-refractivity contribution in [2.45, 2.75) is 19.0 Å². The molecule has 1 aromatic heterocycles. The Hall–Kier alpha value is -2.50. The second-order valence-corrected chi connectivity index (χ2v) is 5.24. The van der Waals surface area contributed by atoms with E-state index in [9.17, 15) is 5.11 Å². The van der Waals surface area contributed by atoms with E-state index >= 15 is 0 Å². The maximum absolute atomic E-state index is 9.26. The number of aromatic nitrogens is 2. The highest BCUT2D eigenvalue weighted by Crippen LogP contribution is 2.18. The van der Waals surface area contributed by atoms with Crippen molar-refractivity contribution in [2.75, 3.05) is 6.61 Å². The Kier molecular flexibility index (Phi) is 5.13. The number of benzene rings is 2. The molecule has 0 bridgehead atoms. The first-order valence-corrected chi connectivity index (χ1v) is 7.64. The van der Waals surface area contributed by atoms with Crippen LogP contribution in [0.1, 0.15) is 23.9 Å². The molecule has 0 amide bonds. The van der Waals surface area contributed by atoms with Crippen molar-refractivity contribution in [3.63, 3.8) is 0 Å². The van der Waals surface area contributed by atoms with E-state index in [0.29, 0.717) is 24.7 Å². The van der Waals surface area contributed by atoms with E-state index in [2.05, 4.69) is 15.5 Å². The summed E-state index contributed by atoms with van der Waals surface area (Å²) < 4.78 is 5.30. The summed E-state index contributed by atoms with van der Waals surface area (Å²) in [7, 11) is 0. The van der Waals surface area contributed by atoms with Gasteiger partial charge in [-0.05, 0) is 24.1 Å². The topological polar surface area (TPSA) is 71.2 Å². The molecule has 3 aromatic rings. The Morgan fingerprint density at radius 3 is 2.39 bits per heavy atom. The standard InChI is InChI=1S/C18H19N3O2/c22-12-11-16(14-7-3-1-4-8-14)19-13-17-20-18(23-21-17)15-9-5-2-6-10-15/h1-10,16,19,22H,11-13H2. The second kappa shape index (κ2) is 7.67. The zero-order valence-electron chi connectivity index (χ0n) is 12.7. The molecular formula is C18H19N3O2. The summed E-state index contributed by atoms with van der Waals surface area (Å²) in [6.07, 6.45) is 0.632. The van der Waals surface area contributed by atoms with Crippen LogP contribution < -0.4 is 5.32 Å². The van der Waals surface area contributed by atoms with Crippen molar-refractivity contribution in [3.8, 4) is 11.5 Å². The molecule has 0 aliphatic carbocycles. The van der Waals surface area contributed by atoms with Crippen LogP contribution in [0.4, 0.5) is 0 Å². The van der Waals surface area contributed by atoms with E-state index in [-0.39, 0.29) is 12.6 Å². The van der Waals surface area contributed by atoms with Crippen molar-refractivity contribution in [3.05, 3.63) is 72.1 Å². The summed E-state index contributed by atoms with van der Waals surface area (Å²) in [6.45, 7) is 0.601. The van der Waals surface area contributed by atoms with E-state index in [1.54, 1.807) is 0 Å². The van der Waals surface area contributed by atoms with Crippen LogP contribution >= 0.6 is 0 Å². The van der Waals surface area contributed by atoms with Crippen LogP contribution in [0.3, 0.4) is 0 Å². The summed E-state index contributed by atoms with van der Waals surface area (Å²) in [5.74, 6) is 1.11. The Balaban J connectivity index is 1.66. The SMILES string of the molecule is OCCC(NCc1noc(-c2ccccc2)n1)c1ccccc1. The van der Waals surface area contributed by atoms with Gasteiger partial charge in [0.15, 0.2) is 5.82 Å². The molecule has 5 nitrogen and oxygen atoms in total. The number of nitrogens with zero attached hydrogens (tertiary/aromatic N) is 2. The van der Waals surface area contributed by atoms with Gasteiger partial charge in [0.2, 0.25) is 0 Å². The van der Waals surface area contributed by atoms with Gasteiger partial charge in [0.1, 0.15) is 0 Å². The number of aliphatic hydroxyl groups excluding tert-OH is 1. The van der Waals surface area contributed by atoms with Crippen LogP contribution in [0, 0.1) is 0 Å². The van der Waals surface area contributed by atoms with Crippen LogP contribution in [0.2, 0.25) is 0 Å². The highest BCUT2D eigenvalue weighted by Gasteiger charge is 2.13. The number of hydrogen-bond donors (Lipinski definition) is 2. The minimum atomic E-state index is 0.0554. The minimum absolute atomic E-state index is 0.0554. The summed E-state index contributed by atoms with van der Waals surface area (Å²) in [5, 5.41) is 16.6. The Bertz CT molecular complexity index is 713. The predicted molar refractivity (Wildman–Crippen MR) is 87.5 cm³/mol. The molecule has 0 radical (unpaired) electrons. The lowest BCUT2D eigenvalue weighted by molar-refractivity contribution is 0.264. The Morgan fingerprint density at radius 1 is 1.00 bits per heavy atom. The molecule has 1 atom stereocenters. The highest BCUT2D eigenvalue weighted by atomic mass is 16.5. The predicted octanol–water partition coefficient (Wildman–Crippen LogP) is 2.95. The molecule has 0 saturated carbocycles. The first kappa shape index (κ1) is 15.4. The maximum atomic E-state index is 9.26. The number of aliphatic hydroxyl groups is 1. The smallest absolute Gasteiger partial charge is 0.257 e. The van der Waals surface area contributed by atoms with Crippen molar-refractivity contribution in [1.82, 2.24) is 15.5 Å². The average molecular weight is 309 g/mol. The maximum Gasteiger partial charge on any atom is 0.257 e. The van der Waals surface area contributed by atoms with E-state index in [4.69, 9.17) is 4.52 Å². The molecule has 0 saturated heterocycles. The lowest BCUT2D eigenvalue weighted by atomic mass is 10.0. The fourth-order valence-electron chi connectivity index (χ4n) is 2.44. The van der Waals surface area contributed by atoms with Crippen molar-refractivity contribution in [1.29, 1.82) is 0 Å². The molecule has 0 aliphatic heterocycles. The summed E-state index contributed by atoms with van der Waals surface area (Å²) in [5.41, 5.74) is 2.04. The molecule has 0 spiro atoms. The van der Waals surface area contributed by atoms with E-state index in [1.807, 2.05) is 60.7 Å². The molecular weight excluding hydrogens is 290 g/mol. The third-order valence-electron chi connectivity index (χ3n) is 3.62. The number of nitrogens with one attached hydrogen (secondary N) is 1. The third kappa shape index (κ3) is 4.03.